The third-order valence-electron chi connectivity index (χ3n) is 2.71. The van der Waals surface area contributed by atoms with Gasteiger partial charge in [-0.15, -0.1) is 5.10 Å². The number of hydrogen-bond donors (Lipinski definition) is 1. The lowest BCUT2D eigenvalue weighted by molar-refractivity contribution is 0.514. The van der Waals surface area contributed by atoms with Crippen LogP contribution in [0.2, 0.25) is 0 Å². The van der Waals surface area contributed by atoms with Crippen LogP contribution >= 0.6 is 11.8 Å². The fourth-order valence-electron chi connectivity index (χ4n) is 1.54. The van der Waals surface area contributed by atoms with E-state index in [2.05, 4.69) is 27.8 Å². The van der Waals surface area contributed by atoms with Crippen molar-refractivity contribution in [2.75, 3.05) is 12.3 Å². The van der Waals surface area contributed by atoms with Crippen LogP contribution in [0.15, 0.2) is 5.16 Å². The minimum atomic E-state index is 0.670. The summed E-state index contributed by atoms with van der Waals surface area (Å²) in [5, 5.41) is 15.7. The largest absolute Gasteiger partial charge is 0.313 e. The molecule has 1 atom stereocenters. The van der Waals surface area contributed by atoms with Crippen LogP contribution < -0.4 is 5.32 Å². The number of nitrogens with one attached hydrogen (secondary N) is 1. The van der Waals surface area contributed by atoms with Gasteiger partial charge in [-0.05, 0) is 36.1 Å². The topological polar surface area (TPSA) is 55.6 Å². The van der Waals surface area contributed by atoms with Crippen LogP contribution in [0, 0.1) is 5.92 Å². The van der Waals surface area contributed by atoms with Gasteiger partial charge in [0.1, 0.15) is 0 Å². The lowest BCUT2D eigenvalue weighted by atomic mass is 10.2. The molecule has 0 bridgehead atoms. The van der Waals surface area contributed by atoms with Gasteiger partial charge in [0.05, 0.1) is 0 Å². The molecule has 1 unspecified atom stereocenters. The van der Waals surface area contributed by atoms with Crippen molar-refractivity contribution < 1.29 is 0 Å². The van der Waals surface area contributed by atoms with Crippen molar-refractivity contribution in [2.45, 2.75) is 31.0 Å². The van der Waals surface area contributed by atoms with Gasteiger partial charge in [-0.3, -0.25) is 0 Å². The van der Waals surface area contributed by atoms with E-state index >= 15 is 0 Å². The molecule has 1 heterocycles. The van der Waals surface area contributed by atoms with Gasteiger partial charge in [0, 0.05) is 25.4 Å². The Morgan fingerprint density at radius 3 is 3.00 bits per heavy atom. The summed E-state index contributed by atoms with van der Waals surface area (Å²) in [7, 11) is 1.86. The number of rotatable bonds is 6. The van der Waals surface area contributed by atoms with Crippen molar-refractivity contribution >= 4 is 11.8 Å². The molecule has 1 fully saturated rings. The molecule has 15 heavy (non-hydrogen) atoms. The molecule has 0 radical (unpaired) electrons. The standard InChI is InChI=1S/C9H17N5S/c1-7(8-3-4-8)10-5-6-15-9-11-12-13-14(9)2/h7-8,10H,3-6H2,1-2H3. The zero-order chi connectivity index (χ0) is 10.7. The molecule has 1 saturated carbocycles. The first-order chi connectivity index (χ1) is 7.27. The van der Waals surface area contributed by atoms with Crippen molar-refractivity contribution in [3.05, 3.63) is 0 Å². The number of aryl methyl sites for hydroxylation is 1. The van der Waals surface area contributed by atoms with Gasteiger partial charge >= 0.3 is 0 Å². The molecule has 1 N–H and O–H groups in total. The molecule has 0 aliphatic heterocycles. The van der Waals surface area contributed by atoms with Crippen LogP contribution in [0.4, 0.5) is 0 Å². The molecular formula is C9H17N5S. The second-order valence-electron chi connectivity index (χ2n) is 4.01. The van der Waals surface area contributed by atoms with E-state index in [4.69, 9.17) is 0 Å². The molecule has 0 spiro atoms. The molecule has 0 aromatic carbocycles. The zero-order valence-corrected chi connectivity index (χ0v) is 10.00. The molecule has 1 aromatic rings. The van der Waals surface area contributed by atoms with E-state index in [0.717, 1.165) is 23.4 Å². The average Bonchev–Trinajstić information content (AvgIpc) is 2.99. The smallest absolute Gasteiger partial charge is 0.209 e. The fourth-order valence-corrected chi connectivity index (χ4v) is 2.26. The third kappa shape index (κ3) is 3.17. The molecule has 84 valence electrons. The van der Waals surface area contributed by atoms with E-state index in [1.54, 1.807) is 16.4 Å². The van der Waals surface area contributed by atoms with E-state index in [9.17, 15) is 0 Å². The molecule has 1 aliphatic rings. The van der Waals surface area contributed by atoms with Crippen LogP contribution in [0.5, 0.6) is 0 Å². The SMILES string of the molecule is CC(NCCSc1nnnn1C)C1CC1. The molecule has 0 saturated heterocycles. The van der Waals surface area contributed by atoms with Crippen LogP contribution in [-0.4, -0.2) is 38.5 Å². The van der Waals surface area contributed by atoms with Crippen molar-refractivity contribution in [1.82, 2.24) is 25.5 Å². The number of aromatic nitrogens is 4. The maximum Gasteiger partial charge on any atom is 0.209 e. The van der Waals surface area contributed by atoms with E-state index in [1.807, 2.05) is 7.05 Å². The normalized spacial score (nSPS) is 18.0. The number of nitrogens with zero attached hydrogens (tertiary/aromatic N) is 4. The number of hydrogen-bond acceptors (Lipinski definition) is 5. The van der Waals surface area contributed by atoms with Crippen molar-refractivity contribution in [2.24, 2.45) is 13.0 Å². The second-order valence-corrected chi connectivity index (χ2v) is 5.08. The van der Waals surface area contributed by atoms with Gasteiger partial charge in [0.15, 0.2) is 0 Å². The van der Waals surface area contributed by atoms with E-state index in [0.29, 0.717) is 6.04 Å². The minimum absolute atomic E-state index is 0.670. The van der Waals surface area contributed by atoms with Gasteiger partial charge in [-0.25, -0.2) is 4.68 Å². The van der Waals surface area contributed by atoms with E-state index in [-0.39, 0.29) is 0 Å². The molecule has 2 rings (SSSR count). The Bertz CT molecular complexity index is 309. The highest BCUT2D eigenvalue weighted by molar-refractivity contribution is 7.99. The highest BCUT2D eigenvalue weighted by Gasteiger charge is 2.27. The lowest BCUT2D eigenvalue weighted by Gasteiger charge is -2.11. The molecule has 1 aliphatic carbocycles. The summed E-state index contributed by atoms with van der Waals surface area (Å²) in [5.41, 5.74) is 0. The van der Waals surface area contributed by atoms with E-state index < -0.39 is 0 Å². The first-order valence-electron chi connectivity index (χ1n) is 5.36. The maximum absolute atomic E-state index is 3.92. The van der Waals surface area contributed by atoms with Crippen molar-refractivity contribution in [3.8, 4) is 0 Å². The fraction of sp³-hybridized carbons (Fsp3) is 0.889. The Hall–Kier alpha value is -0.620. The van der Waals surface area contributed by atoms with Crippen LogP contribution in [0.25, 0.3) is 0 Å². The summed E-state index contributed by atoms with van der Waals surface area (Å²) >= 11 is 1.69. The van der Waals surface area contributed by atoms with E-state index in [1.165, 1.54) is 12.8 Å². The highest BCUT2D eigenvalue weighted by atomic mass is 32.2. The predicted molar refractivity (Wildman–Crippen MR) is 59.7 cm³/mol. The Balaban J connectivity index is 1.60. The van der Waals surface area contributed by atoms with Crippen molar-refractivity contribution in [1.29, 1.82) is 0 Å². The summed E-state index contributed by atoms with van der Waals surface area (Å²) in [5.74, 6) is 1.94. The Kier molecular flexibility index (Phi) is 3.58. The summed E-state index contributed by atoms with van der Waals surface area (Å²) in [4.78, 5) is 0. The van der Waals surface area contributed by atoms with Gasteiger partial charge in [0.2, 0.25) is 5.16 Å². The number of thioether (sulfide) groups is 1. The molecule has 5 nitrogen and oxygen atoms in total. The molecule has 0 amide bonds. The average molecular weight is 227 g/mol. The molecule has 1 aromatic heterocycles. The third-order valence-corrected chi connectivity index (χ3v) is 3.72. The van der Waals surface area contributed by atoms with Gasteiger partial charge in [-0.1, -0.05) is 11.8 Å². The summed E-state index contributed by atoms with van der Waals surface area (Å²) < 4.78 is 1.70. The lowest BCUT2D eigenvalue weighted by Crippen LogP contribution is -2.29. The first-order valence-corrected chi connectivity index (χ1v) is 6.34. The summed E-state index contributed by atoms with van der Waals surface area (Å²) in [6, 6.07) is 0.670. The Morgan fingerprint density at radius 2 is 2.40 bits per heavy atom. The molecule has 6 heteroatoms. The minimum Gasteiger partial charge on any atom is -0.313 e. The van der Waals surface area contributed by atoms with Gasteiger partial charge < -0.3 is 5.32 Å². The Labute approximate surface area is 94.0 Å². The second kappa shape index (κ2) is 4.94. The van der Waals surface area contributed by atoms with Crippen molar-refractivity contribution in [3.63, 3.8) is 0 Å². The van der Waals surface area contributed by atoms with Crippen LogP contribution in [0.3, 0.4) is 0 Å². The zero-order valence-electron chi connectivity index (χ0n) is 9.18. The quantitative estimate of drug-likeness (QED) is 0.572. The molecular weight excluding hydrogens is 210 g/mol. The first kappa shape index (κ1) is 10.9. The van der Waals surface area contributed by atoms with Gasteiger partial charge in [0.25, 0.3) is 0 Å². The monoisotopic (exact) mass is 227 g/mol. The summed E-state index contributed by atoms with van der Waals surface area (Å²) in [6.45, 7) is 3.29. The maximum atomic E-state index is 3.92. The summed E-state index contributed by atoms with van der Waals surface area (Å²) in [6.07, 6.45) is 2.79. The van der Waals surface area contributed by atoms with Crippen LogP contribution in [-0.2, 0) is 7.05 Å². The number of tetrazole rings is 1. The highest BCUT2D eigenvalue weighted by Crippen LogP contribution is 2.32. The Morgan fingerprint density at radius 1 is 1.60 bits per heavy atom. The van der Waals surface area contributed by atoms with Crippen LogP contribution in [0.1, 0.15) is 19.8 Å². The van der Waals surface area contributed by atoms with Gasteiger partial charge in [-0.2, -0.15) is 0 Å². The predicted octanol–water partition coefficient (Wildman–Crippen LogP) is 0.690.